The molecule has 104 valence electrons. The topological polar surface area (TPSA) is 61.4 Å². The van der Waals surface area contributed by atoms with E-state index in [-0.39, 0.29) is 17.7 Å². The average molecular weight is 255 g/mol. The second-order valence-corrected chi connectivity index (χ2v) is 5.28. The second kappa shape index (κ2) is 6.73. The van der Waals surface area contributed by atoms with Crippen LogP contribution in [0.3, 0.4) is 0 Å². The van der Waals surface area contributed by atoms with E-state index in [2.05, 4.69) is 17.6 Å². The molecule has 1 saturated heterocycles. The van der Waals surface area contributed by atoms with E-state index < -0.39 is 6.04 Å². The molecule has 18 heavy (non-hydrogen) atoms. The lowest BCUT2D eigenvalue weighted by Gasteiger charge is -2.28. The van der Waals surface area contributed by atoms with E-state index in [9.17, 15) is 9.59 Å². The number of hydrogen-bond donors (Lipinski definition) is 2. The Morgan fingerprint density at radius 3 is 2.67 bits per heavy atom. The molecule has 1 heterocycles. The van der Waals surface area contributed by atoms with Gasteiger partial charge in [0.05, 0.1) is 5.92 Å². The van der Waals surface area contributed by atoms with Gasteiger partial charge in [-0.2, -0.15) is 0 Å². The van der Waals surface area contributed by atoms with E-state index >= 15 is 0 Å². The molecule has 3 unspecified atom stereocenters. The van der Waals surface area contributed by atoms with Gasteiger partial charge >= 0.3 is 0 Å². The zero-order valence-electron chi connectivity index (χ0n) is 11.8. The molecule has 1 rings (SSSR count). The Morgan fingerprint density at radius 1 is 1.44 bits per heavy atom. The van der Waals surface area contributed by atoms with Crippen molar-refractivity contribution in [2.75, 3.05) is 26.7 Å². The Bertz CT molecular complexity index is 307. The van der Waals surface area contributed by atoms with Crippen LogP contribution in [0.25, 0.3) is 0 Å². The van der Waals surface area contributed by atoms with Gasteiger partial charge in [-0.25, -0.2) is 0 Å². The number of hydrogen-bond acceptors (Lipinski definition) is 3. The van der Waals surface area contributed by atoms with Crippen LogP contribution in [-0.4, -0.2) is 49.4 Å². The number of nitrogens with zero attached hydrogens (tertiary/aromatic N) is 1. The molecule has 0 aromatic carbocycles. The first-order valence-corrected chi connectivity index (χ1v) is 6.71. The molecule has 1 fully saturated rings. The Labute approximate surface area is 109 Å². The second-order valence-electron chi connectivity index (χ2n) is 5.28. The summed E-state index contributed by atoms with van der Waals surface area (Å²) >= 11 is 0. The van der Waals surface area contributed by atoms with E-state index in [4.69, 9.17) is 0 Å². The Morgan fingerprint density at radius 2 is 2.11 bits per heavy atom. The van der Waals surface area contributed by atoms with Crippen LogP contribution >= 0.6 is 0 Å². The maximum absolute atomic E-state index is 12.0. The highest BCUT2D eigenvalue weighted by Gasteiger charge is 2.27. The van der Waals surface area contributed by atoms with Gasteiger partial charge < -0.3 is 15.5 Å². The van der Waals surface area contributed by atoms with Gasteiger partial charge in [0.15, 0.2) is 0 Å². The Balaban J connectivity index is 2.46. The van der Waals surface area contributed by atoms with Gasteiger partial charge in [0.1, 0.15) is 6.04 Å². The molecule has 0 aromatic heterocycles. The number of likely N-dealkylation sites (N-methyl/N-ethyl adjacent to an activating group) is 1. The standard InChI is InChI=1S/C13H25N3O2/c1-5-16(4)13(18)10(3)15-12(17)11-6-9(2)7-14-8-11/h9-11,14H,5-8H2,1-4H3,(H,15,17). The van der Waals surface area contributed by atoms with E-state index in [1.165, 1.54) is 0 Å². The monoisotopic (exact) mass is 255 g/mol. The van der Waals surface area contributed by atoms with Crippen LogP contribution in [0.4, 0.5) is 0 Å². The first-order valence-electron chi connectivity index (χ1n) is 6.71. The van der Waals surface area contributed by atoms with E-state index in [0.717, 1.165) is 13.0 Å². The van der Waals surface area contributed by atoms with Crippen molar-refractivity contribution in [3.8, 4) is 0 Å². The molecule has 0 aromatic rings. The fourth-order valence-corrected chi connectivity index (χ4v) is 2.24. The maximum Gasteiger partial charge on any atom is 0.244 e. The normalized spacial score (nSPS) is 25.3. The van der Waals surface area contributed by atoms with E-state index in [1.807, 2.05) is 6.92 Å². The van der Waals surface area contributed by atoms with E-state index in [0.29, 0.717) is 19.0 Å². The lowest BCUT2D eigenvalue weighted by atomic mass is 9.91. The number of piperidine rings is 1. The van der Waals surface area contributed by atoms with Gasteiger partial charge in [-0.15, -0.1) is 0 Å². The fraction of sp³-hybridized carbons (Fsp3) is 0.846. The molecule has 0 saturated carbocycles. The highest BCUT2D eigenvalue weighted by molar-refractivity contribution is 5.88. The first kappa shape index (κ1) is 15.0. The average Bonchev–Trinajstić information content (AvgIpc) is 2.36. The van der Waals surface area contributed by atoms with Gasteiger partial charge in [-0.1, -0.05) is 6.92 Å². The summed E-state index contributed by atoms with van der Waals surface area (Å²) in [5.41, 5.74) is 0. The number of carbonyl (C=O) groups excluding carboxylic acids is 2. The summed E-state index contributed by atoms with van der Waals surface area (Å²) < 4.78 is 0. The van der Waals surface area contributed by atoms with Crippen LogP contribution in [0.1, 0.15) is 27.2 Å². The maximum atomic E-state index is 12.0. The number of carbonyl (C=O) groups is 2. The van der Waals surface area contributed by atoms with Crippen molar-refractivity contribution in [2.45, 2.75) is 33.2 Å². The van der Waals surface area contributed by atoms with Crippen LogP contribution < -0.4 is 10.6 Å². The van der Waals surface area contributed by atoms with Crippen molar-refractivity contribution in [3.63, 3.8) is 0 Å². The van der Waals surface area contributed by atoms with Crippen molar-refractivity contribution in [1.82, 2.24) is 15.5 Å². The first-order chi connectivity index (χ1) is 8.45. The minimum atomic E-state index is -0.445. The van der Waals surface area contributed by atoms with E-state index in [1.54, 1.807) is 18.9 Å². The largest absolute Gasteiger partial charge is 0.344 e. The summed E-state index contributed by atoms with van der Waals surface area (Å²) in [6, 6.07) is -0.445. The Kier molecular flexibility index (Phi) is 5.59. The summed E-state index contributed by atoms with van der Waals surface area (Å²) in [4.78, 5) is 25.5. The SMILES string of the molecule is CCN(C)C(=O)C(C)NC(=O)C1CNCC(C)C1. The molecule has 0 aliphatic carbocycles. The predicted octanol–water partition coefficient (Wildman–Crippen LogP) is 0.215. The molecule has 5 nitrogen and oxygen atoms in total. The summed E-state index contributed by atoms with van der Waals surface area (Å²) in [5, 5.41) is 6.06. The summed E-state index contributed by atoms with van der Waals surface area (Å²) in [6.45, 7) is 8.12. The van der Waals surface area contributed by atoms with Crippen molar-refractivity contribution in [2.24, 2.45) is 11.8 Å². The predicted molar refractivity (Wildman–Crippen MR) is 71.1 cm³/mol. The third-order valence-electron chi connectivity index (χ3n) is 3.52. The molecular formula is C13H25N3O2. The number of rotatable bonds is 4. The van der Waals surface area contributed by atoms with Crippen LogP contribution in [0.2, 0.25) is 0 Å². The molecule has 2 amide bonds. The fourth-order valence-electron chi connectivity index (χ4n) is 2.24. The van der Waals surface area contributed by atoms with Crippen molar-refractivity contribution >= 4 is 11.8 Å². The molecule has 0 spiro atoms. The van der Waals surface area contributed by atoms with Gasteiger partial charge in [0.2, 0.25) is 11.8 Å². The van der Waals surface area contributed by atoms with Crippen LogP contribution in [0.15, 0.2) is 0 Å². The highest BCUT2D eigenvalue weighted by Crippen LogP contribution is 2.15. The molecular weight excluding hydrogens is 230 g/mol. The summed E-state index contributed by atoms with van der Waals surface area (Å²) in [7, 11) is 1.75. The van der Waals surface area contributed by atoms with Gasteiger partial charge in [-0.3, -0.25) is 9.59 Å². The highest BCUT2D eigenvalue weighted by atomic mass is 16.2. The number of amides is 2. The third-order valence-corrected chi connectivity index (χ3v) is 3.52. The molecule has 1 aliphatic heterocycles. The molecule has 1 aliphatic rings. The minimum absolute atomic E-state index is 0.0144. The summed E-state index contributed by atoms with van der Waals surface area (Å²) in [6.07, 6.45) is 0.892. The van der Waals surface area contributed by atoms with Gasteiger partial charge in [0.25, 0.3) is 0 Å². The lowest BCUT2D eigenvalue weighted by molar-refractivity contribution is -0.136. The zero-order chi connectivity index (χ0) is 13.7. The van der Waals surface area contributed by atoms with Crippen LogP contribution in [-0.2, 0) is 9.59 Å². The van der Waals surface area contributed by atoms with Gasteiger partial charge in [0, 0.05) is 20.1 Å². The van der Waals surface area contributed by atoms with Crippen LogP contribution in [0, 0.1) is 11.8 Å². The van der Waals surface area contributed by atoms with Crippen molar-refractivity contribution < 1.29 is 9.59 Å². The van der Waals surface area contributed by atoms with Crippen molar-refractivity contribution in [1.29, 1.82) is 0 Å². The van der Waals surface area contributed by atoms with Crippen molar-refractivity contribution in [3.05, 3.63) is 0 Å². The smallest absolute Gasteiger partial charge is 0.244 e. The zero-order valence-corrected chi connectivity index (χ0v) is 11.8. The summed E-state index contributed by atoms with van der Waals surface area (Å²) in [5.74, 6) is 0.442. The molecule has 0 radical (unpaired) electrons. The lowest BCUT2D eigenvalue weighted by Crippen LogP contribution is -2.50. The Hall–Kier alpha value is -1.10. The molecule has 5 heteroatoms. The molecule has 3 atom stereocenters. The third kappa shape index (κ3) is 3.98. The molecule has 2 N–H and O–H groups in total. The van der Waals surface area contributed by atoms with Gasteiger partial charge in [-0.05, 0) is 32.7 Å². The number of nitrogens with one attached hydrogen (secondary N) is 2. The van der Waals surface area contributed by atoms with Crippen LogP contribution in [0.5, 0.6) is 0 Å². The quantitative estimate of drug-likeness (QED) is 0.755. The molecule has 0 bridgehead atoms. The minimum Gasteiger partial charge on any atom is -0.344 e.